The lowest BCUT2D eigenvalue weighted by atomic mass is 9.99. The third-order valence-electron chi connectivity index (χ3n) is 3.81. The minimum Gasteiger partial charge on any atom is -0.340 e. The van der Waals surface area contributed by atoms with Gasteiger partial charge in [0, 0.05) is 30.7 Å². The lowest BCUT2D eigenvalue weighted by Gasteiger charge is -2.36. The number of hydrogen-bond acceptors (Lipinski definition) is 2. The Morgan fingerprint density at radius 3 is 2.45 bits per heavy atom. The molecular formula is C15H18BrF3N2O. The first kappa shape index (κ1) is 17.3. The predicted molar refractivity (Wildman–Crippen MR) is 81.6 cm³/mol. The quantitative estimate of drug-likeness (QED) is 0.805. The van der Waals surface area contributed by atoms with Gasteiger partial charge in [0.05, 0.1) is 12.5 Å². The van der Waals surface area contributed by atoms with E-state index in [1.165, 1.54) is 4.90 Å². The lowest BCUT2D eigenvalue weighted by Crippen LogP contribution is -2.51. The highest BCUT2D eigenvalue weighted by Gasteiger charge is 2.33. The van der Waals surface area contributed by atoms with Gasteiger partial charge in [0.1, 0.15) is 0 Å². The lowest BCUT2D eigenvalue weighted by molar-refractivity contribution is -0.152. The van der Waals surface area contributed by atoms with Crippen LogP contribution in [0.3, 0.4) is 0 Å². The van der Waals surface area contributed by atoms with Gasteiger partial charge in [0.15, 0.2) is 0 Å². The van der Waals surface area contributed by atoms with Crippen molar-refractivity contribution >= 4 is 21.8 Å². The van der Waals surface area contributed by atoms with Crippen molar-refractivity contribution in [3.8, 4) is 0 Å². The number of alkyl halides is 3. The summed E-state index contributed by atoms with van der Waals surface area (Å²) < 4.78 is 38.0. The highest BCUT2D eigenvalue weighted by atomic mass is 79.9. The third kappa shape index (κ3) is 4.71. The SMILES string of the molecule is CC(C(=O)N1CCN(CC(F)(F)F)CC1)c1cccc(Br)c1. The summed E-state index contributed by atoms with van der Waals surface area (Å²) in [6.45, 7) is 2.12. The summed E-state index contributed by atoms with van der Waals surface area (Å²) in [5.41, 5.74) is 0.900. The summed E-state index contributed by atoms with van der Waals surface area (Å²) in [5.74, 6) is -0.337. The van der Waals surface area contributed by atoms with Crippen LogP contribution < -0.4 is 0 Å². The van der Waals surface area contributed by atoms with E-state index >= 15 is 0 Å². The van der Waals surface area contributed by atoms with Crippen LogP contribution in [0.1, 0.15) is 18.4 Å². The van der Waals surface area contributed by atoms with Gasteiger partial charge in [-0.15, -0.1) is 0 Å². The molecule has 0 aromatic heterocycles. The molecule has 0 spiro atoms. The zero-order valence-corrected chi connectivity index (χ0v) is 13.8. The van der Waals surface area contributed by atoms with E-state index in [0.29, 0.717) is 13.1 Å². The molecular weight excluding hydrogens is 361 g/mol. The van der Waals surface area contributed by atoms with E-state index in [2.05, 4.69) is 15.9 Å². The molecule has 7 heteroatoms. The third-order valence-corrected chi connectivity index (χ3v) is 4.30. The highest BCUT2D eigenvalue weighted by Crippen LogP contribution is 2.23. The number of piperazine rings is 1. The standard InChI is InChI=1S/C15H18BrF3N2O/c1-11(12-3-2-4-13(16)9-12)14(22)21-7-5-20(6-8-21)10-15(17,18)19/h2-4,9,11H,5-8,10H2,1H3. The average Bonchev–Trinajstić information content (AvgIpc) is 2.45. The van der Waals surface area contributed by atoms with Gasteiger partial charge in [-0.2, -0.15) is 13.2 Å². The molecule has 1 unspecified atom stereocenters. The van der Waals surface area contributed by atoms with E-state index in [4.69, 9.17) is 0 Å². The van der Waals surface area contributed by atoms with E-state index in [1.807, 2.05) is 31.2 Å². The Bertz CT molecular complexity index is 528. The van der Waals surface area contributed by atoms with Crippen LogP contribution in [0.5, 0.6) is 0 Å². The van der Waals surface area contributed by atoms with Crippen LogP contribution in [-0.2, 0) is 4.79 Å². The van der Waals surface area contributed by atoms with Crippen LogP contribution in [0.15, 0.2) is 28.7 Å². The van der Waals surface area contributed by atoms with Crippen molar-refractivity contribution in [2.75, 3.05) is 32.7 Å². The molecule has 0 bridgehead atoms. The summed E-state index contributed by atoms with van der Waals surface area (Å²) in [7, 11) is 0. The largest absolute Gasteiger partial charge is 0.401 e. The molecule has 1 atom stereocenters. The summed E-state index contributed by atoms with van der Waals surface area (Å²) in [4.78, 5) is 15.5. The summed E-state index contributed by atoms with van der Waals surface area (Å²) in [6.07, 6.45) is -4.18. The number of carbonyl (C=O) groups excluding carboxylic acids is 1. The van der Waals surface area contributed by atoms with E-state index in [1.54, 1.807) is 4.90 Å². The van der Waals surface area contributed by atoms with Crippen LogP contribution in [0, 0.1) is 0 Å². The van der Waals surface area contributed by atoms with Gasteiger partial charge < -0.3 is 4.90 Å². The maximum Gasteiger partial charge on any atom is 0.401 e. The normalized spacial score (nSPS) is 18.3. The van der Waals surface area contributed by atoms with Crippen LogP contribution in [0.2, 0.25) is 0 Å². The molecule has 0 N–H and O–H groups in total. The Morgan fingerprint density at radius 2 is 1.91 bits per heavy atom. The predicted octanol–water partition coefficient (Wildman–Crippen LogP) is 3.26. The second-order valence-corrected chi connectivity index (χ2v) is 6.41. The van der Waals surface area contributed by atoms with Crippen LogP contribution in [0.25, 0.3) is 0 Å². The molecule has 1 aliphatic rings. The maximum absolute atomic E-state index is 12.5. The van der Waals surface area contributed by atoms with E-state index < -0.39 is 12.7 Å². The Morgan fingerprint density at radius 1 is 1.27 bits per heavy atom. The molecule has 1 aliphatic heterocycles. The zero-order valence-electron chi connectivity index (χ0n) is 12.2. The minimum absolute atomic E-state index is 0.0373. The molecule has 1 aromatic carbocycles. The molecule has 1 saturated heterocycles. The van der Waals surface area contributed by atoms with E-state index in [0.717, 1.165) is 10.0 Å². The second kappa shape index (κ2) is 7.00. The molecule has 1 amide bonds. The van der Waals surface area contributed by atoms with Crippen molar-refractivity contribution in [1.29, 1.82) is 0 Å². The average molecular weight is 379 g/mol. The van der Waals surface area contributed by atoms with E-state index in [-0.39, 0.29) is 24.9 Å². The Labute approximate surface area is 136 Å². The van der Waals surface area contributed by atoms with Gasteiger partial charge in [-0.25, -0.2) is 0 Å². The minimum atomic E-state index is -4.18. The van der Waals surface area contributed by atoms with Crippen LogP contribution >= 0.6 is 15.9 Å². The van der Waals surface area contributed by atoms with Gasteiger partial charge in [-0.3, -0.25) is 9.69 Å². The fourth-order valence-electron chi connectivity index (χ4n) is 2.57. The molecule has 0 radical (unpaired) electrons. The number of amides is 1. The first-order valence-corrected chi connectivity index (χ1v) is 7.89. The summed E-state index contributed by atoms with van der Waals surface area (Å²) in [5, 5.41) is 0. The molecule has 3 nitrogen and oxygen atoms in total. The Balaban J connectivity index is 1.92. The Hall–Kier alpha value is -1.08. The summed E-state index contributed by atoms with van der Waals surface area (Å²) in [6, 6.07) is 7.52. The van der Waals surface area contributed by atoms with Crippen LogP contribution in [-0.4, -0.2) is 54.6 Å². The van der Waals surface area contributed by atoms with Crippen molar-refractivity contribution in [1.82, 2.24) is 9.80 Å². The molecule has 22 heavy (non-hydrogen) atoms. The van der Waals surface area contributed by atoms with Crippen molar-refractivity contribution in [3.63, 3.8) is 0 Å². The molecule has 0 saturated carbocycles. The van der Waals surface area contributed by atoms with Crippen molar-refractivity contribution < 1.29 is 18.0 Å². The van der Waals surface area contributed by atoms with Gasteiger partial charge in [-0.1, -0.05) is 28.1 Å². The first-order valence-electron chi connectivity index (χ1n) is 7.09. The zero-order chi connectivity index (χ0) is 16.3. The van der Waals surface area contributed by atoms with Crippen LogP contribution in [0.4, 0.5) is 13.2 Å². The molecule has 122 valence electrons. The number of benzene rings is 1. The fraction of sp³-hybridized carbons (Fsp3) is 0.533. The smallest absolute Gasteiger partial charge is 0.340 e. The number of nitrogens with zero attached hydrogens (tertiary/aromatic N) is 2. The first-order chi connectivity index (χ1) is 10.3. The van der Waals surface area contributed by atoms with Gasteiger partial charge in [-0.05, 0) is 24.6 Å². The van der Waals surface area contributed by atoms with Crippen molar-refractivity contribution in [2.45, 2.75) is 19.0 Å². The van der Waals surface area contributed by atoms with Crippen molar-refractivity contribution in [3.05, 3.63) is 34.3 Å². The topological polar surface area (TPSA) is 23.6 Å². The monoisotopic (exact) mass is 378 g/mol. The molecule has 1 aromatic rings. The van der Waals surface area contributed by atoms with Gasteiger partial charge in [0.2, 0.25) is 5.91 Å². The maximum atomic E-state index is 12.5. The number of rotatable bonds is 3. The van der Waals surface area contributed by atoms with Gasteiger partial charge >= 0.3 is 6.18 Å². The Kier molecular flexibility index (Phi) is 5.50. The molecule has 1 fully saturated rings. The number of halogens is 4. The molecule has 1 heterocycles. The summed E-state index contributed by atoms with van der Waals surface area (Å²) >= 11 is 3.37. The number of hydrogen-bond donors (Lipinski definition) is 0. The van der Waals surface area contributed by atoms with Crippen molar-refractivity contribution in [2.24, 2.45) is 0 Å². The van der Waals surface area contributed by atoms with E-state index in [9.17, 15) is 18.0 Å². The highest BCUT2D eigenvalue weighted by molar-refractivity contribution is 9.10. The second-order valence-electron chi connectivity index (χ2n) is 5.49. The fourth-order valence-corrected chi connectivity index (χ4v) is 2.99. The molecule has 0 aliphatic carbocycles. The number of carbonyl (C=O) groups is 1. The molecule has 2 rings (SSSR count). The van der Waals surface area contributed by atoms with Gasteiger partial charge in [0.25, 0.3) is 0 Å².